The zero-order valence-electron chi connectivity index (χ0n) is 13.9. The van der Waals surface area contributed by atoms with E-state index in [4.69, 9.17) is 9.79 Å². The van der Waals surface area contributed by atoms with Gasteiger partial charge in [0.05, 0.1) is 0 Å². The van der Waals surface area contributed by atoms with Gasteiger partial charge in [0, 0.05) is 6.66 Å². The van der Waals surface area contributed by atoms with Gasteiger partial charge in [-0.25, -0.2) is 0 Å². The van der Waals surface area contributed by atoms with Crippen LogP contribution < -0.4 is 0 Å². The summed E-state index contributed by atoms with van der Waals surface area (Å²) >= 11 is 0. The molecule has 124 valence electrons. The minimum Gasteiger partial charge on any atom is -0.325 e. The van der Waals surface area contributed by atoms with Crippen LogP contribution in [0.15, 0.2) is 0 Å². The average Bonchev–Trinajstić information content (AvgIpc) is 2.34. The summed E-state index contributed by atoms with van der Waals surface area (Å²) in [4.78, 5) is 15.3. The largest absolute Gasteiger partial charge is 0.325 e. The van der Waals surface area contributed by atoms with E-state index in [1.54, 1.807) is 0 Å². The normalized spacial score (nSPS) is 11.1. The molecule has 0 aliphatic carbocycles. The Morgan fingerprint density at radius 3 is 0.900 bits per heavy atom. The summed E-state index contributed by atoms with van der Waals surface area (Å²) in [7, 11) is -3.64. The van der Waals surface area contributed by atoms with Gasteiger partial charge in [-0.15, -0.1) is 0 Å². The van der Waals surface area contributed by atoms with E-state index in [9.17, 15) is 4.57 Å². The van der Waals surface area contributed by atoms with Gasteiger partial charge >= 0.3 is 7.60 Å². The summed E-state index contributed by atoms with van der Waals surface area (Å²) in [6, 6.07) is 0. The third kappa shape index (κ3) is 36.2. The first-order valence-electron chi connectivity index (χ1n) is 8.44. The van der Waals surface area contributed by atoms with E-state index in [0.29, 0.717) is 0 Å². The molecule has 0 radical (unpaired) electrons. The third-order valence-electron chi connectivity index (χ3n) is 3.21. The van der Waals surface area contributed by atoms with Gasteiger partial charge in [-0.05, 0) is 0 Å². The van der Waals surface area contributed by atoms with E-state index >= 15 is 0 Å². The standard InChI is InChI=1S/C15H32.CH5O3P/c1-3-5-7-9-11-13-15-14-12-10-8-6-4-2;1-5(2,3)4/h3-15H2,1-2H3;1H3,(H2,2,3,4). The SMILES string of the molecule is CCCCCCCCCCCCCCC.CP(=O)(O)O. The lowest BCUT2D eigenvalue weighted by Crippen LogP contribution is -1.82. The molecule has 3 nitrogen and oxygen atoms in total. The van der Waals surface area contributed by atoms with Gasteiger partial charge in [0.15, 0.2) is 0 Å². The Hall–Kier alpha value is 0.150. The molecule has 2 N–H and O–H groups in total. The topological polar surface area (TPSA) is 57.5 Å². The Kier molecular flexibility index (Phi) is 19.3. The van der Waals surface area contributed by atoms with Crippen molar-refractivity contribution >= 4 is 7.60 Å². The van der Waals surface area contributed by atoms with Crippen LogP contribution in [0.5, 0.6) is 0 Å². The molecule has 0 atom stereocenters. The third-order valence-corrected chi connectivity index (χ3v) is 3.21. The molecule has 0 spiro atoms. The lowest BCUT2D eigenvalue weighted by atomic mass is 10.1. The summed E-state index contributed by atoms with van der Waals surface area (Å²) in [6.07, 6.45) is 18.9. The minimum absolute atomic E-state index is 0.854. The van der Waals surface area contributed by atoms with Crippen LogP contribution >= 0.6 is 7.60 Å². The molecule has 0 rings (SSSR count). The zero-order valence-corrected chi connectivity index (χ0v) is 14.8. The fourth-order valence-electron chi connectivity index (χ4n) is 2.09. The van der Waals surface area contributed by atoms with Gasteiger partial charge in [-0.2, -0.15) is 0 Å². The van der Waals surface area contributed by atoms with Gasteiger partial charge in [-0.1, -0.05) is 97.3 Å². The highest BCUT2D eigenvalue weighted by Crippen LogP contribution is 2.26. The quantitative estimate of drug-likeness (QED) is 0.349. The maximum atomic E-state index is 9.33. The highest BCUT2D eigenvalue weighted by molar-refractivity contribution is 7.50. The molecule has 20 heavy (non-hydrogen) atoms. The fourth-order valence-corrected chi connectivity index (χ4v) is 2.09. The van der Waals surface area contributed by atoms with Crippen LogP contribution in [0, 0.1) is 0 Å². The molecular weight excluding hydrogens is 271 g/mol. The number of rotatable bonds is 12. The van der Waals surface area contributed by atoms with Crippen molar-refractivity contribution in [1.82, 2.24) is 0 Å². The Bertz CT molecular complexity index is 194. The predicted molar refractivity (Wildman–Crippen MR) is 89.3 cm³/mol. The Morgan fingerprint density at radius 1 is 0.600 bits per heavy atom. The van der Waals surface area contributed by atoms with Gasteiger partial charge < -0.3 is 9.79 Å². The van der Waals surface area contributed by atoms with Crippen molar-refractivity contribution < 1.29 is 14.4 Å². The summed E-state index contributed by atoms with van der Waals surface area (Å²) in [5, 5.41) is 0. The maximum Gasteiger partial charge on any atom is 0.322 e. The first-order chi connectivity index (χ1) is 9.41. The highest BCUT2D eigenvalue weighted by atomic mass is 31.2. The summed E-state index contributed by atoms with van der Waals surface area (Å²) < 4.78 is 9.33. The summed E-state index contributed by atoms with van der Waals surface area (Å²) in [5.41, 5.74) is 0. The van der Waals surface area contributed by atoms with Crippen LogP contribution in [0.3, 0.4) is 0 Å². The fraction of sp³-hybridized carbons (Fsp3) is 1.00. The smallest absolute Gasteiger partial charge is 0.322 e. The Labute approximate surface area is 126 Å². The number of hydrogen-bond acceptors (Lipinski definition) is 1. The Balaban J connectivity index is 0. The van der Waals surface area contributed by atoms with E-state index in [1.165, 1.54) is 83.5 Å². The van der Waals surface area contributed by atoms with E-state index < -0.39 is 7.60 Å². The zero-order chi connectivity index (χ0) is 15.7. The van der Waals surface area contributed by atoms with Crippen molar-refractivity contribution in [3.8, 4) is 0 Å². The molecule has 0 aromatic heterocycles. The highest BCUT2D eigenvalue weighted by Gasteiger charge is 1.95. The van der Waals surface area contributed by atoms with E-state index in [2.05, 4.69) is 13.8 Å². The Morgan fingerprint density at radius 2 is 0.750 bits per heavy atom. The molecule has 0 aliphatic rings. The van der Waals surface area contributed by atoms with Crippen molar-refractivity contribution in [2.75, 3.05) is 6.66 Å². The second kappa shape index (κ2) is 17.2. The summed E-state index contributed by atoms with van der Waals surface area (Å²) in [5.74, 6) is 0. The van der Waals surface area contributed by atoms with Gasteiger partial charge in [0.2, 0.25) is 0 Å². The average molecular weight is 308 g/mol. The van der Waals surface area contributed by atoms with Crippen LogP contribution in [0.4, 0.5) is 0 Å². The summed E-state index contributed by atoms with van der Waals surface area (Å²) in [6.45, 7) is 5.43. The molecule has 0 heterocycles. The number of hydrogen-bond donors (Lipinski definition) is 2. The molecule has 0 aliphatic heterocycles. The molecule has 0 amide bonds. The van der Waals surface area contributed by atoms with Crippen LogP contribution in [0.1, 0.15) is 97.3 Å². The van der Waals surface area contributed by atoms with Crippen molar-refractivity contribution in [2.24, 2.45) is 0 Å². The molecule has 0 fully saturated rings. The molecule has 0 bridgehead atoms. The van der Waals surface area contributed by atoms with Crippen LogP contribution in [0.2, 0.25) is 0 Å². The number of unbranched alkanes of at least 4 members (excludes halogenated alkanes) is 12. The second-order valence-corrected chi connectivity index (χ2v) is 7.40. The maximum absolute atomic E-state index is 9.33. The first kappa shape index (κ1) is 22.4. The lowest BCUT2D eigenvalue weighted by Gasteiger charge is -2.01. The van der Waals surface area contributed by atoms with Crippen molar-refractivity contribution in [3.63, 3.8) is 0 Å². The molecule has 0 aromatic carbocycles. The molecular formula is C16H37O3P. The molecule has 0 saturated carbocycles. The molecule has 4 heteroatoms. The van der Waals surface area contributed by atoms with E-state index in [0.717, 1.165) is 6.66 Å². The molecule has 0 aromatic rings. The van der Waals surface area contributed by atoms with E-state index in [-0.39, 0.29) is 0 Å². The van der Waals surface area contributed by atoms with Crippen LogP contribution in [0.25, 0.3) is 0 Å². The second-order valence-electron chi connectivity index (χ2n) is 5.72. The van der Waals surface area contributed by atoms with Crippen molar-refractivity contribution in [2.45, 2.75) is 97.3 Å². The monoisotopic (exact) mass is 308 g/mol. The van der Waals surface area contributed by atoms with Crippen molar-refractivity contribution in [3.05, 3.63) is 0 Å². The van der Waals surface area contributed by atoms with Gasteiger partial charge in [0.1, 0.15) is 0 Å². The van der Waals surface area contributed by atoms with Crippen LogP contribution in [-0.4, -0.2) is 16.5 Å². The first-order valence-corrected chi connectivity index (χ1v) is 10.5. The molecule has 0 unspecified atom stereocenters. The predicted octanol–water partition coefficient (Wildman–Crippen LogP) is 5.89. The molecule has 0 saturated heterocycles. The lowest BCUT2D eigenvalue weighted by molar-refractivity contribution is 0.381. The van der Waals surface area contributed by atoms with Gasteiger partial charge in [0.25, 0.3) is 0 Å². The minimum atomic E-state index is -3.64. The van der Waals surface area contributed by atoms with E-state index in [1.807, 2.05) is 0 Å². The van der Waals surface area contributed by atoms with Gasteiger partial charge in [-0.3, -0.25) is 4.57 Å². The van der Waals surface area contributed by atoms with Crippen LogP contribution in [-0.2, 0) is 4.57 Å². The van der Waals surface area contributed by atoms with Crippen molar-refractivity contribution in [1.29, 1.82) is 0 Å².